The molecule has 134 valence electrons. The van der Waals surface area contributed by atoms with Gasteiger partial charge >= 0.3 is 0 Å². The lowest BCUT2D eigenvalue weighted by Gasteiger charge is -2.25. The van der Waals surface area contributed by atoms with Crippen molar-refractivity contribution in [2.45, 2.75) is 18.5 Å². The Bertz CT molecular complexity index is 885. The number of ether oxygens (including phenoxy) is 1. The number of amides is 1. The number of carbonyl (C=O) groups is 1. The van der Waals surface area contributed by atoms with Crippen LogP contribution in [0.25, 0.3) is 10.4 Å². The predicted molar refractivity (Wildman–Crippen MR) is 98.4 cm³/mol. The van der Waals surface area contributed by atoms with Gasteiger partial charge in [-0.15, -0.1) is 0 Å². The molecule has 0 saturated carbocycles. The summed E-state index contributed by atoms with van der Waals surface area (Å²) in [5, 5.41) is 3.74. The third kappa shape index (κ3) is 3.52. The molecule has 1 unspecified atom stereocenters. The first kappa shape index (κ1) is 18.2. The molecule has 0 spiro atoms. The molecule has 0 bridgehead atoms. The van der Waals surface area contributed by atoms with Crippen LogP contribution in [-0.2, 0) is 0 Å². The van der Waals surface area contributed by atoms with Gasteiger partial charge in [-0.25, -0.2) is 4.39 Å². The number of hydrogen-bond donors (Lipinski definition) is 0. The highest BCUT2D eigenvalue weighted by Gasteiger charge is 2.37. The molecule has 2 atom stereocenters. The van der Waals surface area contributed by atoms with E-state index in [1.807, 2.05) is 0 Å². The molecule has 6 nitrogen and oxygen atoms in total. The third-order valence-corrected chi connectivity index (χ3v) is 5.07. The molecule has 8 heteroatoms. The smallest absolute Gasteiger partial charge is 0.254 e. The Hall–Kier alpha value is -2.57. The highest BCUT2D eigenvalue weighted by atomic mass is 79.9. The van der Waals surface area contributed by atoms with Crippen molar-refractivity contribution < 1.29 is 13.9 Å². The van der Waals surface area contributed by atoms with Gasteiger partial charge < -0.3 is 9.64 Å². The van der Waals surface area contributed by atoms with Crippen LogP contribution in [0.5, 0.6) is 5.75 Å². The molecule has 0 radical (unpaired) electrons. The normalized spacial score (nSPS) is 19.1. The Labute approximate surface area is 158 Å². The van der Waals surface area contributed by atoms with E-state index >= 15 is 0 Å². The topological polar surface area (TPSA) is 78.3 Å². The summed E-state index contributed by atoms with van der Waals surface area (Å²) in [6.07, 6.45) is 0.379. The first-order valence-corrected chi connectivity index (χ1v) is 8.77. The van der Waals surface area contributed by atoms with Crippen LogP contribution in [0.3, 0.4) is 0 Å². The molecule has 1 aliphatic heterocycles. The third-order valence-electron chi connectivity index (χ3n) is 4.42. The second kappa shape index (κ2) is 7.76. The van der Waals surface area contributed by atoms with Crippen LogP contribution in [0, 0.1) is 5.82 Å². The average Bonchev–Trinajstić information content (AvgIpc) is 3.06. The molecule has 1 aliphatic rings. The van der Waals surface area contributed by atoms with Crippen LogP contribution in [-0.4, -0.2) is 30.5 Å². The molecule has 2 aromatic rings. The second-order valence-electron chi connectivity index (χ2n) is 5.94. The number of benzene rings is 2. The highest BCUT2D eigenvalue weighted by molar-refractivity contribution is 9.10. The van der Waals surface area contributed by atoms with Crippen molar-refractivity contribution in [3.8, 4) is 5.75 Å². The summed E-state index contributed by atoms with van der Waals surface area (Å²) >= 11 is 3.36. The number of nitrogens with zero attached hydrogens (tertiary/aromatic N) is 4. The van der Waals surface area contributed by atoms with E-state index in [1.165, 1.54) is 13.2 Å². The minimum Gasteiger partial charge on any atom is -0.496 e. The van der Waals surface area contributed by atoms with Crippen molar-refractivity contribution >= 4 is 21.8 Å². The largest absolute Gasteiger partial charge is 0.496 e. The predicted octanol–water partition coefficient (Wildman–Crippen LogP) is 4.86. The van der Waals surface area contributed by atoms with Gasteiger partial charge in [0, 0.05) is 22.6 Å². The van der Waals surface area contributed by atoms with E-state index < -0.39 is 12.1 Å². The van der Waals surface area contributed by atoms with Gasteiger partial charge in [0.25, 0.3) is 5.91 Å². The fourth-order valence-corrected chi connectivity index (χ4v) is 3.60. The molecule has 2 aromatic carbocycles. The van der Waals surface area contributed by atoms with Crippen LogP contribution in [0.1, 0.15) is 28.4 Å². The zero-order valence-corrected chi connectivity index (χ0v) is 15.6. The van der Waals surface area contributed by atoms with Crippen molar-refractivity contribution in [3.63, 3.8) is 0 Å². The first-order valence-electron chi connectivity index (χ1n) is 7.98. The van der Waals surface area contributed by atoms with Gasteiger partial charge in [0.2, 0.25) is 0 Å². The maximum absolute atomic E-state index is 14.3. The van der Waals surface area contributed by atoms with Gasteiger partial charge in [-0.05, 0) is 52.1 Å². The molecular weight excluding hydrogens is 403 g/mol. The average molecular weight is 419 g/mol. The number of azide groups is 1. The van der Waals surface area contributed by atoms with Crippen molar-refractivity contribution in [3.05, 3.63) is 74.3 Å². The SMILES string of the molecule is COc1cc(C(=O)N2CC(N=[N+]=[N-])C[C@@H]2c2ccccc2F)ccc1Br. The number of methoxy groups -OCH3 is 1. The van der Waals surface area contributed by atoms with Gasteiger partial charge in [0.15, 0.2) is 0 Å². The summed E-state index contributed by atoms with van der Waals surface area (Å²) in [6.45, 7) is 0.236. The van der Waals surface area contributed by atoms with Gasteiger partial charge in [-0.1, -0.05) is 23.3 Å². The number of hydrogen-bond acceptors (Lipinski definition) is 3. The van der Waals surface area contributed by atoms with Gasteiger partial charge in [-0.2, -0.15) is 0 Å². The van der Waals surface area contributed by atoms with Crippen LogP contribution in [0.2, 0.25) is 0 Å². The molecule has 3 rings (SSSR count). The summed E-state index contributed by atoms with van der Waals surface area (Å²) in [4.78, 5) is 17.5. The summed E-state index contributed by atoms with van der Waals surface area (Å²) in [6, 6.07) is 10.5. The Balaban J connectivity index is 1.98. The highest BCUT2D eigenvalue weighted by Crippen LogP contribution is 2.36. The molecule has 1 fully saturated rings. The lowest BCUT2D eigenvalue weighted by molar-refractivity contribution is 0.0732. The number of rotatable bonds is 4. The number of halogens is 2. The molecule has 1 heterocycles. The van der Waals surface area contributed by atoms with Gasteiger partial charge in [-0.3, -0.25) is 4.79 Å². The zero-order chi connectivity index (χ0) is 18.7. The summed E-state index contributed by atoms with van der Waals surface area (Å²) in [5.41, 5.74) is 9.58. The van der Waals surface area contributed by atoms with Crippen molar-refractivity contribution in [2.75, 3.05) is 13.7 Å². The Morgan fingerprint density at radius 2 is 2.15 bits per heavy atom. The van der Waals surface area contributed by atoms with E-state index in [2.05, 4.69) is 26.0 Å². The molecule has 26 heavy (non-hydrogen) atoms. The monoisotopic (exact) mass is 418 g/mol. The zero-order valence-electron chi connectivity index (χ0n) is 14.0. The summed E-state index contributed by atoms with van der Waals surface area (Å²) in [7, 11) is 1.52. The lowest BCUT2D eigenvalue weighted by atomic mass is 10.0. The van der Waals surface area contributed by atoms with E-state index in [1.54, 1.807) is 41.3 Å². The summed E-state index contributed by atoms with van der Waals surface area (Å²) in [5.74, 6) is -0.117. The maximum atomic E-state index is 14.3. The van der Waals surface area contributed by atoms with Gasteiger partial charge in [0.05, 0.1) is 23.7 Å². The first-order chi connectivity index (χ1) is 12.5. The number of likely N-dealkylation sites (tertiary alicyclic amines) is 1. The Morgan fingerprint density at radius 3 is 2.85 bits per heavy atom. The second-order valence-corrected chi connectivity index (χ2v) is 6.79. The van der Waals surface area contributed by atoms with Crippen LogP contribution < -0.4 is 4.74 Å². The fourth-order valence-electron chi connectivity index (χ4n) is 3.19. The summed E-state index contributed by atoms with van der Waals surface area (Å²) < 4.78 is 20.3. The Morgan fingerprint density at radius 1 is 1.38 bits per heavy atom. The van der Waals surface area contributed by atoms with Crippen LogP contribution in [0.4, 0.5) is 4.39 Å². The van der Waals surface area contributed by atoms with E-state index in [0.29, 0.717) is 23.3 Å². The molecule has 1 amide bonds. The van der Waals surface area contributed by atoms with E-state index in [4.69, 9.17) is 10.3 Å². The van der Waals surface area contributed by atoms with Gasteiger partial charge in [0.1, 0.15) is 11.6 Å². The molecule has 0 aliphatic carbocycles. The fraction of sp³-hybridized carbons (Fsp3) is 0.278. The minimum absolute atomic E-state index is 0.236. The lowest BCUT2D eigenvalue weighted by Crippen LogP contribution is -2.32. The maximum Gasteiger partial charge on any atom is 0.254 e. The van der Waals surface area contributed by atoms with Crippen molar-refractivity contribution in [1.29, 1.82) is 0 Å². The molecule has 0 N–H and O–H groups in total. The van der Waals surface area contributed by atoms with E-state index in [0.717, 1.165) is 4.47 Å². The standard InChI is InChI=1S/C18H16BrFN4O2/c1-26-17-8-11(6-7-14(17)19)18(25)24-10-12(22-23-21)9-16(24)13-4-2-3-5-15(13)20/h2-8,12,16H,9-10H2,1H3/t12?,16-/m1/s1. The van der Waals surface area contributed by atoms with Crippen LogP contribution in [0.15, 0.2) is 52.1 Å². The molecule has 1 saturated heterocycles. The Kier molecular flexibility index (Phi) is 5.44. The van der Waals surface area contributed by atoms with Crippen molar-refractivity contribution in [1.82, 2.24) is 4.90 Å². The number of carbonyl (C=O) groups excluding carboxylic acids is 1. The van der Waals surface area contributed by atoms with E-state index in [9.17, 15) is 9.18 Å². The van der Waals surface area contributed by atoms with Crippen molar-refractivity contribution in [2.24, 2.45) is 5.11 Å². The quantitative estimate of drug-likeness (QED) is 0.403. The molecular formula is C18H16BrFN4O2. The molecule has 0 aromatic heterocycles. The van der Waals surface area contributed by atoms with Crippen LogP contribution >= 0.6 is 15.9 Å². The van der Waals surface area contributed by atoms with E-state index in [-0.39, 0.29) is 18.3 Å². The minimum atomic E-state index is -0.492.